The van der Waals surface area contributed by atoms with Crippen LogP contribution in [0.15, 0.2) is 4.79 Å². The van der Waals surface area contributed by atoms with Crippen molar-refractivity contribution in [3.63, 3.8) is 0 Å². The third-order valence-electron chi connectivity index (χ3n) is 1.81. The summed E-state index contributed by atoms with van der Waals surface area (Å²) < 4.78 is 0. The number of nitrogen functional groups attached to an aromatic ring is 1. The van der Waals surface area contributed by atoms with Gasteiger partial charge in [0.1, 0.15) is 6.54 Å². The number of anilines is 3. The molecule has 0 fully saturated rings. The molecule has 0 atom stereocenters. The summed E-state index contributed by atoms with van der Waals surface area (Å²) in [5, 5.41) is 11.1. The zero-order valence-corrected chi connectivity index (χ0v) is 8.52. The molecule has 0 saturated heterocycles. The first-order valence-corrected chi connectivity index (χ1v) is 4.30. The van der Waals surface area contributed by atoms with Crippen molar-refractivity contribution in [1.82, 2.24) is 9.97 Å². The molecule has 8 nitrogen and oxygen atoms in total. The van der Waals surface area contributed by atoms with Crippen LogP contribution in [0.25, 0.3) is 0 Å². The molecule has 1 rings (SSSR count). The molecule has 84 valence electrons. The largest absolute Gasteiger partial charge is 0.371 e. The Morgan fingerprint density at radius 3 is 2.94 bits per heavy atom. The summed E-state index contributed by atoms with van der Waals surface area (Å²) in [4.78, 5) is 29.3. The summed E-state index contributed by atoms with van der Waals surface area (Å²) in [5.41, 5.74) is 4.72. The van der Waals surface area contributed by atoms with Crippen LogP contribution in [0.5, 0.6) is 0 Å². The molecule has 0 aliphatic rings. The number of amides is 1. The van der Waals surface area contributed by atoms with E-state index in [1.807, 2.05) is 0 Å². The number of carbonyl (C=O) groups excluding carboxylic acids is 1. The first kappa shape index (κ1) is 11.5. The van der Waals surface area contributed by atoms with Crippen LogP contribution < -0.4 is 21.5 Å². The molecule has 1 aromatic heterocycles. The number of aromatic amines is 1. The van der Waals surface area contributed by atoms with Gasteiger partial charge in [-0.1, -0.05) is 0 Å². The minimum absolute atomic E-state index is 0.0340. The predicted molar refractivity (Wildman–Crippen MR) is 57.8 cm³/mol. The quantitative estimate of drug-likeness (QED) is 0.437. The van der Waals surface area contributed by atoms with Gasteiger partial charge in [0, 0.05) is 7.05 Å². The second-order valence-electron chi connectivity index (χ2n) is 2.79. The van der Waals surface area contributed by atoms with Crippen molar-refractivity contribution in [1.29, 1.82) is 5.26 Å². The van der Waals surface area contributed by atoms with Crippen LogP contribution in [-0.2, 0) is 4.79 Å². The number of hydrogen-bond acceptors (Lipinski definition) is 6. The van der Waals surface area contributed by atoms with Gasteiger partial charge >= 0.3 is 0 Å². The van der Waals surface area contributed by atoms with E-state index in [4.69, 9.17) is 11.0 Å². The van der Waals surface area contributed by atoms with Gasteiger partial charge in [0.2, 0.25) is 12.4 Å². The Bertz CT molecular complexity index is 488. The fourth-order valence-electron chi connectivity index (χ4n) is 1.17. The molecular weight excluding hydrogens is 212 g/mol. The van der Waals surface area contributed by atoms with Crippen LogP contribution in [0.2, 0.25) is 0 Å². The van der Waals surface area contributed by atoms with Gasteiger partial charge in [-0.15, -0.1) is 0 Å². The van der Waals surface area contributed by atoms with E-state index in [-0.39, 0.29) is 24.0 Å². The SMILES string of the molecule is CNc1nc(N)[nH]c(=O)c1N(C=O)CC#N. The number of hydrogen-bond donors (Lipinski definition) is 3. The Hall–Kier alpha value is -2.56. The van der Waals surface area contributed by atoms with Crippen molar-refractivity contribution >= 4 is 23.9 Å². The third-order valence-corrected chi connectivity index (χ3v) is 1.81. The van der Waals surface area contributed by atoms with Gasteiger partial charge in [-0.3, -0.25) is 19.5 Å². The van der Waals surface area contributed by atoms with Crippen molar-refractivity contribution in [2.75, 3.05) is 29.5 Å². The first-order chi connectivity index (χ1) is 7.63. The zero-order chi connectivity index (χ0) is 12.1. The molecule has 0 aliphatic carbocycles. The molecular formula is C8H10N6O2. The maximum Gasteiger partial charge on any atom is 0.278 e. The fraction of sp³-hybridized carbons (Fsp3) is 0.250. The summed E-state index contributed by atoms with van der Waals surface area (Å²) in [6, 6.07) is 1.77. The normalized spacial score (nSPS) is 9.25. The van der Waals surface area contributed by atoms with E-state index < -0.39 is 5.56 Å². The lowest BCUT2D eigenvalue weighted by Gasteiger charge is -2.15. The number of H-pyrrole nitrogens is 1. The van der Waals surface area contributed by atoms with Gasteiger partial charge < -0.3 is 11.1 Å². The highest BCUT2D eigenvalue weighted by Gasteiger charge is 2.16. The maximum absolute atomic E-state index is 11.6. The molecule has 1 amide bonds. The van der Waals surface area contributed by atoms with Crippen molar-refractivity contribution < 1.29 is 4.79 Å². The van der Waals surface area contributed by atoms with E-state index in [0.29, 0.717) is 6.41 Å². The molecule has 1 heterocycles. The average Bonchev–Trinajstić information content (AvgIpc) is 2.25. The van der Waals surface area contributed by atoms with Gasteiger partial charge in [-0.2, -0.15) is 10.2 Å². The van der Waals surface area contributed by atoms with Crippen LogP contribution in [0.1, 0.15) is 0 Å². The lowest BCUT2D eigenvalue weighted by Crippen LogP contribution is -2.30. The number of nitrogens with zero attached hydrogens (tertiary/aromatic N) is 3. The highest BCUT2D eigenvalue weighted by Crippen LogP contribution is 2.17. The van der Waals surface area contributed by atoms with E-state index in [9.17, 15) is 9.59 Å². The molecule has 0 aromatic carbocycles. The monoisotopic (exact) mass is 222 g/mol. The van der Waals surface area contributed by atoms with E-state index in [1.54, 1.807) is 6.07 Å². The molecule has 4 N–H and O–H groups in total. The third kappa shape index (κ3) is 2.09. The maximum atomic E-state index is 11.6. The van der Waals surface area contributed by atoms with Gasteiger partial charge in [0.25, 0.3) is 5.56 Å². The standard InChI is InChI=1S/C8H10N6O2/c1-11-6-5(14(4-15)3-2-9)7(16)13-8(10)12-6/h4H,3H2,1H3,(H4,10,11,12,13,16). The highest BCUT2D eigenvalue weighted by atomic mass is 16.1. The topological polar surface area (TPSA) is 128 Å². The van der Waals surface area contributed by atoms with Crippen molar-refractivity contribution in [3.05, 3.63) is 10.4 Å². The van der Waals surface area contributed by atoms with Gasteiger partial charge in [-0.05, 0) is 0 Å². The van der Waals surface area contributed by atoms with Crippen LogP contribution in [-0.4, -0.2) is 30.0 Å². The minimum atomic E-state index is -0.584. The first-order valence-electron chi connectivity index (χ1n) is 4.30. The van der Waals surface area contributed by atoms with Crippen LogP contribution >= 0.6 is 0 Å². The number of aromatic nitrogens is 2. The Morgan fingerprint density at radius 1 is 1.75 bits per heavy atom. The number of nitrogens with two attached hydrogens (primary N) is 1. The number of nitrogens with one attached hydrogen (secondary N) is 2. The van der Waals surface area contributed by atoms with E-state index in [2.05, 4.69) is 15.3 Å². The summed E-state index contributed by atoms with van der Waals surface area (Å²) in [6.45, 7) is -0.243. The van der Waals surface area contributed by atoms with E-state index >= 15 is 0 Å². The molecule has 0 aliphatic heterocycles. The second-order valence-corrected chi connectivity index (χ2v) is 2.79. The number of nitriles is 1. The summed E-state index contributed by atoms with van der Waals surface area (Å²) >= 11 is 0. The molecule has 1 aromatic rings. The highest BCUT2D eigenvalue weighted by molar-refractivity contribution is 5.81. The van der Waals surface area contributed by atoms with Crippen molar-refractivity contribution in [2.45, 2.75) is 0 Å². The van der Waals surface area contributed by atoms with Crippen LogP contribution in [0.4, 0.5) is 17.5 Å². The molecule has 0 saturated carbocycles. The second kappa shape index (κ2) is 4.79. The summed E-state index contributed by atoms with van der Waals surface area (Å²) in [5.74, 6) is 0.0736. The smallest absolute Gasteiger partial charge is 0.278 e. The van der Waals surface area contributed by atoms with Gasteiger partial charge in [0.15, 0.2) is 11.5 Å². The molecule has 0 spiro atoms. The predicted octanol–water partition coefficient (Wildman–Crippen LogP) is -1.12. The Balaban J connectivity index is 3.36. The molecule has 8 heteroatoms. The Labute approximate surface area is 90.7 Å². The molecule has 0 radical (unpaired) electrons. The van der Waals surface area contributed by atoms with Crippen LogP contribution in [0, 0.1) is 11.3 Å². The lowest BCUT2D eigenvalue weighted by atomic mass is 10.4. The van der Waals surface area contributed by atoms with Gasteiger partial charge in [0.05, 0.1) is 6.07 Å². The number of carbonyl (C=O) groups is 1. The zero-order valence-electron chi connectivity index (χ0n) is 8.52. The van der Waals surface area contributed by atoms with E-state index in [0.717, 1.165) is 4.90 Å². The molecule has 0 bridgehead atoms. The Morgan fingerprint density at radius 2 is 2.44 bits per heavy atom. The molecule has 16 heavy (non-hydrogen) atoms. The lowest BCUT2D eigenvalue weighted by molar-refractivity contribution is -0.107. The van der Waals surface area contributed by atoms with Crippen molar-refractivity contribution in [3.8, 4) is 6.07 Å². The molecule has 0 unspecified atom stereocenters. The van der Waals surface area contributed by atoms with Gasteiger partial charge in [-0.25, -0.2) is 0 Å². The van der Waals surface area contributed by atoms with E-state index in [1.165, 1.54) is 7.05 Å². The minimum Gasteiger partial charge on any atom is -0.371 e. The average molecular weight is 222 g/mol. The number of rotatable bonds is 4. The summed E-state index contributed by atoms with van der Waals surface area (Å²) in [7, 11) is 1.53. The fourth-order valence-corrected chi connectivity index (χ4v) is 1.17. The summed E-state index contributed by atoms with van der Waals surface area (Å²) in [6.07, 6.45) is 0.381. The Kier molecular flexibility index (Phi) is 3.45. The van der Waals surface area contributed by atoms with Crippen molar-refractivity contribution in [2.24, 2.45) is 0 Å². The van der Waals surface area contributed by atoms with Crippen LogP contribution in [0.3, 0.4) is 0 Å².